The van der Waals surface area contributed by atoms with Crippen molar-refractivity contribution >= 4 is 17.8 Å². The van der Waals surface area contributed by atoms with E-state index in [1.807, 2.05) is 13.8 Å². The van der Waals surface area contributed by atoms with Gasteiger partial charge in [0.1, 0.15) is 11.6 Å². The first-order chi connectivity index (χ1) is 8.11. The zero-order valence-corrected chi connectivity index (χ0v) is 11.6. The number of hydrogen-bond acceptors (Lipinski definition) is 4. The van der Waals surface area contributed by atoms with Gasteiger partial charge in [0.2, 0.25) is 5.91 Å². The Labute approximate surface area is 107 Å². The normalized spacial score (nSPS) is 20.8. The van der Waals surface area contributed by atoms with Gasteiger partial charge in [0.15, 0.2) is 5.78 Å². The zero-order valence-electron chi connectivity index (χ0n) is 11.6. The Hall–Kier alpha value is -1.39. The third-order valence-corrected chi connectivity index (χ3v) is 2.56. The number of nitrogens with zero attached hydrogens (tertiary/aromatic N) is 1. The standard InChI is InChI=1S/C13H21NO4/c1-8(2)6-9-10(15)7-11(16)14(9)12(17)18-13(3,4)5/h8-9H,6-7H2,1-5H3/t9-/m0/s1. The summed E-state index contributed by atoms with van der Waals surface area (Å²) in [4.78, 5) is 36.4. The summed E-state index contributed by atoms with van der Waals surface area (Å²) >= 11 is 0. The first kappa shape index (κ1) is 14.7. The highest BCUT2D eigenvalue weighted by molar-refractivity contribution is 6.13. The minimum absolute atomic E-state index is 0.195. The molecule has 18 heavy (non-hydrogen) atoms. The van der Waals surface area contributed by atoms with Gasteiger partial charge in [-0.15, -0.1) is 0 Å². The number of likely N-dealkylation sites (tertiary alicyclic amines) is 1. The van der Waals surface area contributed by atoms with Crippen LogP contribution < -0.4 is 0 Å². The Morgan fingerprint density at radius 1 is 1.39 bits per heavy atom. The van der Waals surface area contributed by atoms with Gasteiger partial charge in [-0.05, 0) is 33.1 Å². The Balaban J connectivity index is 2.86. The van der Waals surface area contributed by atoms with Crippen molar-refractivity contribution in [3.63, 3.8) is 0 Å². The van der Waals surface area contributed by atoms with Gasteiger partial charge in [0, 0.05) is 0 Å². The molecule has 0 N–H and O–H groups in total. The summed E-state index contributed by atoms with van der Waals surface area (Å²) in [7, 11) is 0. The van der Waals surface area contributed by atoms with E-state index in [2.05, 4.69) is 0 Å². The quantitative estimate of drug-likeness (QED) is 0.709. The summed E-state index contributed by atoms with van der Waals surface area (Å²) in [5, 5.41) is 0. The van der Waals surface area contributed by atoms with Gasteiger partial charge in [-0.3, -0.25) is 9.59 Å². The van der Waals surface area contributed by atoms with E-state index in [1.54, 1.807) is 20.8 Å². The highest BCUT2D eigenvalue weighted by atomic mass is 16.6. The van der Waals surface area contributed by atoms with E-state index in [4.69, 9.17) is 4.74 Å². The molecular weight excluding hydrogens is 234 g/mol. The average Bonchev–Trinajstić information content (AvgIpc) is 2.37. The lowest BCUT2D eigenvalue weighted by atomic mass is 10.0. The summed E-state index contributed by atoms with van der Waals surface area (Å²) in [6.45, 7) is 9.08. The highest BCUT2D eigenvalue weighted by Crippen LogP contribution is 2.24. The monoisotopic (exact) mass is 255 g/mol. The number of carbonyl (C=O) groups excluding carboxylic acids is 3. The van der Waals surface area contributed by atoms with Gasteiger partial charge in [-0.2, -0.15) is 0 Å². The highest BCUT2D eigenvalue weighted by Gasteiger charge is 2.44. The molecule has 0 unspecified atom stereocenters. The topological polar surface area (TPSA) is 63.7 Å². The van der Waals surface area contributed by atoms with Crippen LogP contribution in [0.5, 0.6) is 0 Å². The van der Waals surface area contributed by atoms with E-state index in [9.17, 15) is 14.4 Å². The van der Waals surface area contributed by atoms with E-state index in [0.29, 0.717) is 6.42 Å². The molecule has 0 aromatic carbocycles. The van der Waals surface area contributed by atoms with Crippen LogP contribution in [0.25, 0.3) is 0 Å². The van der Waals surface area contributed by atoms with Gasteiger partial charge in [0.05, 0.1) is 6.42 Å². The van der Waals surface area contributed by atoms with Crippen LogP contribution >= 0.6 is 0 Å². The number of ketones is 1. The maximum Gasteiger partial charge on any atom is 0.417 e. The first-order valence-electron chi connectivity index (χ1n) is 6.19. The third kappa shape index (κ3) is 3.55. The number of hydrogen-bond donors (Lipinski definition) is 0. The second-order valence-electron chi connectivity index (χ2n) is 6.03. The largest absolute Gasteiger partial charge is 0.443 e. The van der Waals surface area contributed by atoms with Crippen LogP contribution in [-0.4, -0.2) is 34.3 Å². The van der Waals surface area contributed by atoms with Crippen molar-refractivity contribution in [2.45, 2.75) is 59.1 Å². The Morgan fingerprint density at radius 3 is 2.39 bits per heavy atom. The van der Waals surface area contributed by atoms with Crippen LogP contribution in [0.15, 0.2) is 0 Å². The molecule has 1 heterocycles. The third-order valence-electron chi connectivity index (χ3n) is 2.56. The molecule has 5 nitrogen and oxygen atoms in total. The fourth-order valence-electron chi connectivity index (χ4n) is 1.89. The van der Waals surface area contributed by atoms with Crippen molar-refractivity contribution < 1.29 is 19.1 Å². The van der Waals surface area contributed by atoms with E-state index < -0.39 is 23.6 Å². The summed E-state index contributed by atoms with van der Waals surface area (Å²) in [5.74, 6) is -0.422. The molecule has 0 aromatic rings. The number of ether oxygens (including phenoxy) is 1. The summed E-state index contributed by atoms with van der Waals surface area (Å²) in [6.07, 6.45) is -0.426. The molecule has 1 atom stereocenters. The molecule has 1 aliphatic rings. The second kappa shape index (κ2) is 5.08. The van der Waals surface area contributed by atoms with Crippen LogP contribution in [0, 0.1) is 5.92 Å². The molecule has 0 aromatic heterocycles. The maximum atomic E-state index is 11.9. The molecule has 0 bridgehead atoms. The molecular formula is C13H21NO4. The fraction of sp³-hybridized carbons (Fsp3) is 0.769. The molecule has 0 saturated carbocycles. The van der Waals surface area contributed by atoms with Crippen molar-refractivity contribution in [3.8, 4) is 0 Å². The van der Waals surface area contributed by atoms with Gasteiger partial charge in [0.25, 0.3) is 0 Å². The molecule has 0 radical (unpaired) electrons. The van der Waals surface area contributed by atoms with E-state index in [0.717, 1.165) is 4.90 Å². The van der Waals surface area contributed by atoms with E-state index in [-0.39, 0.29) is 18.1 Å². The van der Waals surface area contributed by atoms with Gasteiger partial charge in [-0.1, -0.05) is 13.8 Å². The van der Waals surface area contributed by atoms with Crippen molar-refractivity contribution in [2.24, 2.45) is 5.92 Å². The van der Waals surface area contributed by atoms with Crippen LogP contribution in [-0.2, 0) is 14.3 Å². The van der Waals surface area contributed by atoms with Crippen molar-refractivity contribution in [2.75, 3.05) is 0 Å². The SMILES string of the molecule is CC(C)C[C@H]1C(=O)CC(=O)N1C(=O)OC(C)(C)C. The fourth-order valence-corrected chi connectivity index (χ4v) is 1.89. The number of imide groups is 1. The number of carbonyl (C=O) groups is 3. The zero-order chi connectivity index (χ0) is 14.1. The smallest absolute Gasteiger partial charge is 0.417 e. The predicted octanol–water partition coefficient (Wildman–Crippen LogP) is 2.14. The number of amides is 2. The molecule has 2 amide bonds. The van der Waals surface area contributed by atoms with Crippen molar-refractivity contribution in [1.82, 2.24) is 4.90 Å². The Bertz CT molecular complexity index is 368. The number of rotatable bonds is 2. The summed E-state index contributed by atoms with van der Waals surface area (Å²) < 4.78 is 5.17. The molecule has 1 saturated heterocycles. The molecule has 0 spiro atoms. The van der Waals surface area contributed by atoms with Crippen LogP contribution in [0.2, 0.25) is 0 Å². The van der Waals surface area contributed by atoms with Crippen LogP contribution in [0.4, 0.5) is 4.79 Å². The molecule has 102 valence electrons. The molecule has 1 aliphatic heterocycles. The van der Waals surface area contributed by atoms with Gasteiger partial charge >= 0.3 is 6.09 Å². The Morgan fingerprint density at radius 2 is 1.94 bits per heavy atom. The lowest BCUT2D eigenvalue weighted by molar-refractivity contribution is -0.128. The first-order valence-corrected chi connectivity index (χ1v) is 6.19. The molecule has 5 heteroatoms. The van der Waals surface area contributed by atoms with Gasteiger partial charge in [-0.25, -0.2) is 9.69 Å². The maximum absolute atomic E-state index is 11.9. The molecule has 1 rings (SSSR count). The summed E-state index contributed by atoms with van der Waals surface area (Å²) in [6, 6.07) is -0.660. The average molecular weight is 255 g/mol. The molecule has 0 aliphatic carbocycles. The number of Topliss-reactive ketones (excluding diaryl/α,β-unsaturated/α-hetero) is 1. The van der Waals surface area contributed by atoms with Crippen molar-refractivity contribution in [3.05, 3.63) is 0 Å². The lowest BCUT2D eigenvalue weighted by Crippen LogP contribution is -2.44. The Kier molecular flexibility index (Phi) is 4.14. The molecule has 1 fully saturated rings. The van der Waals surface area contributed by atoms with E-state index >= 15 is 0 Å². The van der Waals surface area contributed by atoms with Crippen LogP contribution in [0.1, 0.15) is 47.5 Å². The van der Waals surface area contributed by atoms with E-state index in [1.165, 1.54) is 0 Å². The van der Waals surface area contributed by atoms with Crippen molar-refractivity contribution in [1.29, 1.82) is 0 Å². The van der Waals surface area contributed by atoms with Crippen LogP contribution in [0.3, 0.4) is 0 Å². The predicted molar refractivity (Wildman–Crippen MR) is 65.9 cm³/mol. The minimum atomic E-state index is -0.719. The van der Waals surface area contributed by atoms with Gasteiger partial charge < -0.3 is 4.74 Å². The second-order valence-corrected chi connectivity index (χ2v) is 6.03. The summed E-state index contributed by atoms with van der Waals surface area (Å²) in [5.41, 5.74) is -0.675. The lowest BCUT2D eigenvalue weighted by Gasteiger charge is -2.27. The minimum Gasteiger partial charge on any atom is -0.443 e.